The summed E-state index contributed by atoms with van der Waals surface area (Å²) in [7, 11) is 0. The molecule has 2 atom stereocenters. The summed E-state index contributed by atoms with van der Waals surface area (Å²) >= 11 is 0. The third-order valence-electron chi connectivity index (χ3n) is 15.3. The maximum atomic E-state index is 12.5. The van der Waals surface area contributed by atoms with E-state index in [2.05, 4.69) is 55.6 Å². The number of carbonyl (C=O) groups is 2. The van der Waals surface area contributed by atoms with Crippen LogP contribution in [0, 0.1) is 0 Å². The lowest BCUT2D eigenvalue weighted by Gasteiger charge is -2.20. The summed E-state index contributed by atoms with van der Waals surface area (Å²) in [5.41, 5.74) is 0. The SMILES string of the molecule is CCC/C=C\C/C=C\CCCCCCCC(=O)OCCCCCCCCCCCCCC/C=C\CCCCCCCCCCCCCCCC(=O)NC(CO)C(O)/C=C/CCCCCCCCCCCCCCCC. The van der Waals surface area contributed by atoms with Crippen molar-refractivity contribution < 1.29 is 24.5 Å². The molecule has 440 valence electrons. The molecule has 0 saturated heterocycles. The number of unbranched alkanes of at least 4 members (excludes halogenated alkanes) is 45. The minimum Gasteiger partial charge on any atom is -0.466 e. The molecule has 75 heavy (non-hydrogen) atoms. The summed E-state index contributed by atoms with van der Waals surface area (Å²) in [6.07, 6.45) is 83.2. The number of rotatable bonds is 62. The number of amides is 1. The second-order valence-electron chi connectivity index (χ2n) is 22.8. The number of esters is 1. The highest BCUT2D eigenvalue weighted by Gasteiger charge is 2.18. The van der Waals surface area contributed by atoms with E-state index in [0.717, 1.165) is 51.4 Å². The first-order chi connectivity index (χ1) is 37.0. The Morgan fingerprint density at radius 2 is 0.693 bits per heavy atom. The number of hydrogen-bond acceptors (Lipinski definition) is 5. The first kappa shape index (κ1) is 72.8. The zero-order valence-corrected chi connectivity index (χ0v) is 50.3. The molecule has 0 aliphatic rings. The Balaban J connectivity index is 3.40. The molecule has 0 aliphatic heterocycles. The molecule has 0 rings (SSSR count). The lowest BCUT2D eigenvalue weighted by molar-refractivity contribution is -0.143. The molecule has 2 unspecified atom stereocenters. The van der Waals surface area contributed by atoms with Crippen LogP contribution < -0.4 is 5.32 Å². The molecule has 6 nitrogen and oxygen atoms in total. The first-order valence-corrected chi connectivity index (χ1v) is 33.4. The molecule has 3 N–H and O–H groups in total. The lowest BCUT2D eigenvalue weighted by atomic mass is 10.0. The van der Waals surface area contributed by atoms with Gasteiger partial charge in [-0.15, -0.1) is 0 Å². The van der Waals surface area contributed by atoms with E-state index in [4.69, 9.17) is 4.74 Å². The highest BCUT2D eigenvalue weighted by atomic mass is 16.5. The first-order valence-electron chi connectivity index (χ1n) is 33.4. The molecule has 1 amide bonds. The van der Waals surface area contributed by atoms with Crippen LogP contribution >= 0.6 is 0 Å². The summed E-state index contributed by atoms with van der Waals surface area (Å²) in [4.78, 5) is 24.5. The number of ether oxygens (including phenoxy) is 1. The fourth-order valence-corrected chi connectivity index (χ4v) is 10.2. The van der Waals surface area contributed by atoms with Gasteiger partial charge in [-0.05, 0) is 83.5 Å². The van der Waals surface area contributed by atoms with Gasteiger partial charge in [0.15, 0.2) is 0 Å². The Hall–Kier alpha value is -2.18. The average molecular weight is 1050 g/mol. The van der Waals surface area contributed by atoms with Crippen LogP contribution in [-0.4, -0.2) is 47.4 Å². The van der Waals surface area contributed by atoms with E-state index in [9.17, 15) is 19.8 Å². The maximum absolute atomic E-state index is 12.5. The van der Waals surface area contributed by atoms with Crippen LogP contribution in [0.4, 0.5) is 0 Å². The number of carbonyl (C=O) groups excluding carboxylic acids is 2. The van der Waals surface area contributed by atoms with Gasteiger partial charge in [-0.2, -0.15) is 0 Å². The van der Waals surface area contributed by atoms with Crippen molar-refractivity contribution in [1.82, 2.24) is 5.32 Å². The molecule has 0 aliphatic carbocycles. The monoisotopic (exact) mass is 1050 g/mol. The number of allylic oxidation sites excluding steroid dienone is 7. The minimum absolute atomic E-state index is 0.000596. The minimum atomic E-state index is -0.844. The molecule has 0 bridgehead atoms. The van der Waals surface area contributed by atoms with Crippen LogP contribution in [0.15, 0.2) is 48.6 Å². The van der Waals surface area contributed by atoms with E-state index in [0.29, 0.717) is 19.4 Å². The van der Waals surface area contributed by atoms with Gasteiger partial charge in [0.25, 0.3) is 0 Å². The van der Waals surface area contributed by atoms with Crippen molar-refractivity contribution in [2.24, 2.45) is 0 Å². The fourth-order valence-electron chi connectivity index (χ4n) is 10.2. The van der Waals surface area contributed by atoms with Gasteiger partial charge in [0.2, 0.25) is 5.91 Å². The summed E-state index contributed by atoms with van der Waals surface area (Å²) in [6, 6.07) is -0.628. The van der Waals surface area contributed by atoms with Gasteiger partial charge in [0, 0.05) is 12.8 Å². The third-order valence-corrected chi connectivity index (χ3v) is 15.3. The summed E-state index contributed by atoms with van der Waals surface area (Å²) in [5, 5.41) is 23.2. The molecule has 0 fully saturated rings. The predicted octanol–water partition coefficient (Wildman–Crippen LogP) is 21.3. The quantitative estimate of drug-likeness (QED) is 0.0320. The molecule has 0 radical (unpaired) electrons. The van der Waals surface area contributed by atoms with Crippen molar-refractivity contribution >= 4 is 11.9 Å². The number of nitrogens with one attached hydrogen (secondary N) is 1. The Morgan fingerprint density at radius 3 is 1.08 bits per heavy atom. The summed E-state index contributed by atoms with van der Waals surface area (Å²) < 4.78 is 5.47. The van der Waals surface area contributed by atoms with Crippen molar-refractivity contribution in [3.8, 4) is 0 Å². The molecule has 0 heterocycles. The summed E-state index contributed by atoms with van der Waals surface area (Å²) in [6.45, 7) is 4.85. The van der Waals surface area contributed by atoms with Gasteiger partial charge < -0.3 is 20.3 Å². The zero-order valence-electron chi connectivity index (χ0n) is 50.3. The number of aliphatic hydroxyl groups excluding tert-OH is 2. The molecular formula is C69H129NO5. The summed E-state index contributed by atoms with van der Waals surface area (Å²) in [5.74, 6) is -0.0650. The van der Waals surface area contributed by atoms with Crippen LogP contribution in [0.3, 0.4) is 0 Å². The van der Waals surface area contributed by atoms with Crippen molar-refractivity contribution in [3.63, 3.8) is 0 Å². The predicted molar refractivity (Wildman–Crippen MR) is 329 cm³/mol. The van der Waals surface area contributed by atoms with Crippen LogP contribution in [0.2, 0.25) is 0 Å². The van der Waals surface area contributed by atoms with E-state index in [-0.39, 0.29) is 18.5 Å². The molecule has 6 heteroatoms. The Bertz CT molecular complexity index is 1260. The molecule has 0 aromatic heterocycles. The van der Waals surface area contributed by atoms with Gasteiger partial charge >= 0.3 is 5.97 Å². The van der Waals surface area contributed by atoms with Crippen molar-refractivity contribution in [3.05, 3.63) is 48.6 Å². The Morgan fingerprint density at radius 1 is 0.373 bits per heavy atom. The average Bonchev–Trinajstić information content (AvgIpc) is 3.41. The van der Waals surface area contributed by atoms with E-state index < -0.39 is 12.1 Å². The Kier molecular flexibility index (Phi) is 62.5. The molecule has 0 aromatic rings. The van der Waals surface area contributed by atoms with Crippen molar-refractivity contribution in [2.45, 2.75) is 366 Å². The van der Waals surface area contributed by atoms with Gasteiger partial charge in [-0.1, -0.05) is 306 Å². The van der Waals surface area contributed by atoms with E-state index in [1.54, 1.807) is 6.08 Å². The molecule has 0 aromatic carbocycles. The number of aliphatic hydroxyl groups is 2. The standard InChI is InChI=1S/C69H129NO5/c1-3-5-7-9-11-13-15-17-18-34-38-41-45-49-53-57-61-67(72)66(65-71)70-68(73)62-58-54-50-46-42-39-35-32-30-28-26-24-22-20-19-21-23-25-27-29-31-33-36-40-44-48-52-56-60-64-75-69(74)63-59-55-51-47-43-37-16-14-12-10-8-6-4-2/h8,10,14,16,19,21,57,61,66-67,71-72H,3-7,9,11-13,15,17-18,20,22-56,58-60,62-65H2,1-2H3,(H,70,73)/b10-8-,16-14-,21-19-,61-57+. The molecule has 0 saturated carbocycles. The van der Waals surface area contributed by atoms with E-state index in [1.807, 2.05) is 6.08 Å². The largest absolute Gasteiger partial charge is 0.466 e. The second-order valence-corrected chi connectivity index (χ2v) is 22.8. The zero-order chi connectivity index (χ0) is 54.3. The second kappa shape index (κ2) is 64.3. The Labute approximate surface area is 467 Å². The lowest BCUT2D eigenvalue weighted by Crippen LogP contribution is -2.45. The van der Waals surface area contributed by atoms with Gasteiger partial charge in [-0.25, -0.2) is 0 Å². The van der Waals surface area contributed by atoms with Crippen LogP contribution in [0.5, 0.6) is 0 Å². The van der Waals surface area contributed by atoms with E-state index in [1.165, 1.54) is 276 Å². The van der Waals surface area contributed by atoms with Crippen molar-refractivity contribution in [1.29, 1.82) is 0 Å². The van der Waals surface area contributed by atoms with E-state index >= 15 is 0 Å². The highest BCUT2D eigenvalue weighted by molar-refractivity contribution is 5.76. The fraction of sp³-hybridized carbons (Fsp3) is 0.855. The third kappa shape index (κ3) is 60.9. The normalized spacial score (nSPS) is 12.9. The van der Waals surface area contributed by atoms with Crippen LogP contribution in [-0.2, 0) is 14.3 Å². The maximum Gasteiger partial charge on any atom is 0.305 e. The van der Waals surface area contributed by atoms with Gasteiger partial charge in [0.1, 0.15) is 0 Å². The van der Waals surface area contributed by atoms with Gasteiger partial charge in [0.05, 0.1) is 25.4 Å². The topological polar surface area (TPSA) is 95.9 Å². The highest BCUT2D eigenvalue weighted by Crippen LogP contribution is 2.18. The number of hydrogen-bond donors (Lipinski definition) is 3. The van der Waals surface area contributed by atoms with Crippen LogP contribution in [0.25, 0.3) is 0 Å². The van der Waals surface area contributed by atoms with Crippen LogP contribution in [0.1, 0.15) is 354 Å². The smallest absolute Gasteiger partial charge is 0.305 e. The molecule has 0 spiro atoms. The van der Waals surface area contributed by atoms with Gasteiger partial charge in [-0.3, -0.25) is 9.59 Å². The van der Waals surface area contributed by atoms with Crippen molar-refractivity contribution in [2.75, 3.05) is 13.2 Å². The molecular weight excluding hydrogens is 923 g/mol.